The van der Waals surface area contributed by atoms with E-state index in [4.69, 9.17) is 34.8 Å². The van der Waals surface area contributed by atoms with Crippen LogP contribution in [-0.2, 0) is 32.6 Å². The van der Waals surface area contributed by atoms with Crippen molar-refractivity contribution in [2.75, 3.05) is 23.7 Å². The van der Waals surface area contributed by atoms with Gasteiger partial charge in [-0.05, 0) is 41.8 Å². The topological polar surface area (TPSA) is 86.8 Å². The van der Waals surface area contributed by atoms with Gasteiger partial charge in [0, 0.05) is 24.0 Å². The molecule has 0 saturated heterocycles. The van der Waals surface area contributed by atoms with Crippen LogP contribution in [0.5, 0.6) is 0 Å². The number of rotatable bonds is 12. The number of hydrogen-bond acceptors (Lipinski definition) is 4. The van der Waals surface area contributed by atoms with Gasteiger partial charge in [-0.25, -0.2) is 8.42 Å². The molecule has 0 aliphatic heterocycles. The molecule has 0 saturated carbocycles. The van der Waals surface area contributed by atoms with E-state index in [-0.39, 0.29) is 39.6 Å². The lowest BCUT2D eigenvalue weighted by Crippen LogP contribution is -2.53. The number of nitrogens with zero attached hydrogens (tertiary/aromatic N) is 2. The number of nitrogens with one attached hydrogen (secondary N) is 1. The van der Waals surface area contributed by atoms with E-state index in [1.807, 2.05) is 61.5 Å². The number of sulfonamides is 1. The zero-order chi connectivity index (χ0) is 29.4. The monoisotopic (exact) mass is 687 g/mol. The second-order valence-corrected chi connectivity index (χ2v) is 13.2. The molecule has 0 fully saturated rings. The summed E-state index contributed by atoms with van der Waals surface area (Å²) in [6.45, 7) is 1.80. The molecule has 214 valence electrons. The first-order valence-corrected chi connectivity index (χ1v) is 16.2. The van der Waals surface area contributed by atoms with Crippen molar-refractivity contribution in [3.8, 4) is 0 Å². The van der Waals surface area contributed by atoms with Crippen molar-refractivity contribution in [1.82, 2.24) is 10.2 Å². The van der Waals surface area contributed by atoms with Crippen LogP contribution in [0.3, 0.4) is 0 Å². The fourth-order valence-corrected chi connectivity index (χ4v) is 6.04. The number of carbonyl (C=O) groups excluding carboxylic acids is 2. The Balaban J connectivity index is 2.08. The van der Waals surface area contributed by atoms with Gasteiger partial charge >= 0.3 is 0 Å². The highest BCUT2D eigenvalue weighted by molar-refractivity contribution is 9.10. The molecule has 3 rings (SSSR count). The quantitative estimate of drug-likeness (QED) is 0.225. The summed E-state index contributed by atoms with van der Waals surface area (Å²) in [5, 5.41) is 3.12. The third-order valence-electron chi connectivity index (χ3n) is 6.00. The largest absolute Gasteiger partial charge is 0.354 e. The van der Waals surface area contributed by atoms with Gasteiger partial charge in [0.1, 0.15) is 12.6 Å². The van der Waals surface area contributed by atoms with Crippen LogP contribution in [0, 0.1) is 0 Å². The van der Waals surface area contributed by atoms with Crippen LogP contribution in [0.1, 0.15) is 24.5 Å². The van der Waals surface area contributed by atoms with Crippen molar-refractivity contribution < 1.29 is 18.0 Å². The lowest BCUT2D eigenvalue weighted by Gasteiger charge is -2.33. The summed E-state index contributed by atoms with van der Waals surface area (Å²) >= 11 is 22.0. The number of hydrogen-bond donors (Lipinski definition) is 1. The molecular weight excluding hydrogens is 661 g/mol. The summed E-state index contributed by atoms with van der Waals surface area (Å²) < 4.78 is 27.5. The van der Waals surface area contributed by atoms with Crippen LogP contribution in [0.2, 0.25) is 15.1 Å². The van der Waals surface area contributed by atoms with Gasteiger partial charge in [0.2, 0.25) is 21.8 Å². The van der Waals surface area contributed by atoms with Gasteiger partial charge < -0.3 is 10.2 Å². The molecule has 1 N–H and O–H groups in total. The van der Waals surface area contributed by atoms with E-state index in [2.05, 4.69) is 21.2 Å². The zero-order valence-electron chi connectivity index (χ0n) is 21.9. The molecule has 0 spiro atoms. The number of amides is 2. The molecule has 0 aliphatic rings. The third kappa shape index (κ3) is 8.85. The van der Waals surface area contributed by atoms with E-state index in [9.17, 15) is 18.0 Å². The lowest BCUT2D eigenvalue weighted by atomic mass is 10.0. The van der Waals surface area contributed by atoms with Crippen LogP contribution in [0.4, 0.5) is 5.69 Å². The van der Waals surface area contributed by atoms with E-state index in [1.54, 1.807) is 0 Å². The van der Waals surface area contributed by atoms with Crippen molar-refractivity contribution in [1.29, 1.82) is 0 Å². The van der Waals surface area contributed by atoms with Gasteiger partial charge in [0.05, 0.1) is 27.0 Å². The van der Waals surface area contributed by atoms with Crippen LogP contribution in [0.25, 0.3) is 0 Å². The summed E-state index contributed by atoms with van der Waals surface area (Å²) in [7, 11) is -4.01. The Labute approximate surface area is 258 Å². The molecule has 0 aromatic heterocycles. The van der Waals surface area contributed by atoms with Crippen molar-refractivity contribution in [3.05, 3.63) is 97.4 Å². The SMILES string of the molecule is CCCNC(=O)C(Cc1ccccc1)N(Cc1cccc(Br)c1)C(=O)CN(c1cc(Cl)c(Cl)cc1Cl)S(C)(=O)=O. The molecule has 0 aliphatic carbocycles. The number of benzene rings is 3. The van der Waals surface area contributed by atoms with Crippen LogP contribution in [-0.4, -0.2) is 50.5 Å². The second-order valence-electron chi connectivity index (χ2n) is 9.14. The van der Waals surface area contributed by atoms with Gasteiger partial charge in [-0.3, -0.25) is 13.9 Å². The highest BCUT2D eigenvalue weighted by atomic mass is 79.9. The average Bonchev–Trinajstić information content (AvgIpc) is 2.90. The second kappa shape index (κ2) is 14.5. The Morgan fingerprint density at radius 3 is 2.20 bits per heavy atom. The molecule has 0 radical (unpaired) electrons. The predicted molar refractivity (Wildman–Crippen MR) is 166 cm³/mol. The molecule has 0 heterocycles. The first-order chi connectivity index (χ1) is 18.9. The molecule has 7 nitrogen and oxygen atoms in total. The van der Waals surface area contributed by atoms with E-state index < -0.39 is 28.5 Å². The van der Waals surface area contributed by atoms with Crippen LogP contribution < -0.4 is 9.62 Å². The fraction of sp³-hybridized carbons (Fsp3) is 0.286. The maximum absolute atomic E-state index is 14.1. The maximum atomic E-state index is 14.1. The van der Waals surface area contributed by atoms with Crippen molar-refractivity contribution in [2.24, 2.45) is 0 Å². The highest BCUT2D eigenvalue weighted by Crippen LogP contribution is 2.35. The maximum Gasteiger partial charge on any atom is 0.244 e. The van der Waals surface area contributed by atoms with Crippen molar-refractivity contribution >= 4 is 78.3 Å². The molecule has 0 bridgehead atoms. The molecule has 40 heavy (non-hydrogen) atoms. The minimum absolute atomic E-state index is 0.00404. The molecule has 3 aromatic rings. The molecule has 1 atom stereocenters. The van der Waals surface area contributed by atoms with E-state index in [0.717, 1.165) is 26.2 Å². The predicted octanol–water partition coefficient (Wildman–Crippen LogP) is 6.34. The van der Waals surface area contributed by atoms with E-state index in [0.29, 0.717) is 13.0 Å². The van der Waals surface area contributed by atoms with E-state index >= 15 is 0 Å². The first-order valence-electron chi connectivity index (χ1n) is 12.4. The third-order valence-corrected chi connectivity index (χ3v) is 8.64. The van der Waals surface area contributed by atoms with Crippen molar-refractivity contribution in [3.63, 3.8) is 0 Å². The molecular formula is C28H29BrCl3N3O4S. The van der Waals surface area contributed by atoms with Crippen LogP contribution in [0.15, 0.2) is 71.2 Å². The minimum atomic E-state index is -4.01. The summed E-state index contributed by atoms with van der Waals surface area (Å²) in [6, 6.07) is 18.4. The van der Waals surface area contributed by atoms with Gasteiger partial charge in [0.15, 0.2) is 0 Å². The molecule has 3 aromatic carbocycles. The molecule has 1 unspecified atom stereocenters. The summed E-state index contributed by atoms with van der Waals surface area (Å²) in [6.07, 6.45) is 1.90. The van der Waals surface area contributed by atoms with E-state index in [1.165, 1.54) is 17.0 Å². The zero-order valence-corrected chi connectivity index (χ0v) is 26.6. The Morgan fingerprint density at radius 2 is 1.57 bits per heavy atom. The highest BCUT2D eigenvalue weighted by Gasteiger charge is 2.33. The molecule has 2 amide bonds. The van der Waals surface area contributed by atoms with Gasteiger partial charge in [-0.15, -0.1) is 0 Å². The standard InChI is InChI=1S/C28H29BrCl3N3O4S/c1-3-12-33-28(37)26(14-19-8-5-4-6-9-19)34(17-20-10-7-11-21(29)13-20)27(36)18-35(40(2,38)39)25-16-23(31)22(30)15-24(25)32/h4-11,13,15-16,26H,3,12,14,17-18H2,1-2H3,(H,33,37). The number of carbonyl (C=O) groups is 2. The van der Waals surface area contributed by atoms with Gasteiger partial charge in [0.25, 0.3) is 0 Å². The Morgan fingerprint density at radius 1 is 0.925 bits per heavy atom. The Bertz CT molecular complexity index is 1460. The smallest absolute Gasteiger partial charge is 0.244 e. The van der Waals surface area contributed by atoms with Gasteiger partial charge in [-0.1, -0.05) is 100 Å². The fourth-order valence-electron chi connectivity index (χ4n) is 4.05. The number of anilines is 1. The summed E-state index contributed by atoms with van der Waals surface area (Å²) in [5.41, 5.74) is 1.60. The Hall–Kier alpha value is -2.30. The summed E-state index contributed by atoms with van der Waals surface area (Å²) in [5.74, 6) is -0.937. The lowest BCUT2D eigenvalue weighted by molar-refractivity contribution is -0.140. The van der Waals surface area contributed by atoms with Crippen molar-refractivity contribution in [2.45, 2.75) is 32.4 Å². The van der Waals surface area contributed by atoms with Gasteiger partial charge in [-0.2, -0.15) is 0 Å². The average molecular weight is 690 g/mol. The normalized spacial score (nSPS) is 12.1. The Kier molecular flexibility index (Phi) is 11.7. The summed E-state index contributed by atoms with van der Waals surface area (Å²) in [4.78, 5) is 29.0. The minimum Gasteiger partial charge on any atom is -0.354 e. The van der Waals surface area contributed by atoms with Crippen LogP contribution >= 0.6 is 50.7 Å². The first kappa shape index (κ1) is 32.2. The molecule has 12 heteroatoms. The number of halogens is 4.